The zero-order chi connectivity index (χ0) is 6.81. The molecule has 2 N–H and O–H groups in total. The standard InChI is InChI=1S/C3H3N7/c1-2(5-8-4-1)3-6-9-10-7-3/h1H,(H,4,5)(H,6,7,9,10)/q+1. The molecule has 7 nitrogen and oxygen atoms in total. The summed E-state index contributed by atoms with van der Waals surface area (Å²) in [5.41, 5.74) is 3.14. The molecule has 2 heterocycles. The number of aromatic nitrogens is 4. The summed E-state index contributed by atoms with van der Waals surface area (Å²) in [4.78, 5) is 0. The molecule has 0 atom stereocenters. The fourth-order valence-electron chi connectivity index (χ4n) is 0.585. The monoisotopic (exact) mass is 137 g/mol. The SMILES string of the molecule is C1=C(c2nnn[nH]2)N=[N+]N1. The Bertz CT molecular complexity index is 269. The quantitative estimate of drug-likeness (QED) is 0.508. The van der Waals surface area contributed by atoms with Gasteiger partial charge in [-0.15, -0.1) is 5.10 Å². The first-order valence-electron chi connectivity index (χ1n) is 2.57. The first-order valence-corrected chi connectivity index (χ1v) is 2.57. The molecule has 0 aromatic carbocycles. The third-order valence-corrected chi connectivity index (χ3v) is 1.00. The molecule has 1 aromatic heterocycles. The smallest absolute Gasteiger partial charge is 0.237 e. The minimum absolute atomic E-state index is 0.508. The fourth-order valence-corrected chi connectivity index (χ4v) is 0.585. The number of tetrazole rings is 1. The predicted molar refractivity (Wildman–Crippen MR) is 29.9 cm³/mol. The van der Waals surface area contributed by atoms with E-state index in [4.69, 9.17) is 0 Å². The van der Waals surface area contributed by atoms with Crippen molar-refractivity contribution < 1.29 is 0 Å². The van der Waals surface area contributed by atoms with Crippen molar-refractivity contribution in [2.75, 3.05) is 0 Å². The van der Waals surface area contributed by atoms with Crippen LogP contribution in [-0.2, 0) is 0 Å². The van der Waals surface area contributed by atoms with E-state index < -0.39 is 0 Å². The Morgan fingerprint density at radius 1 is 1.50 bits per heavy atom. The van der Waals surface area contributed by atoms with E-state index in [2.05, 4.69) is 36.4 Å². The van der Waals surface area contributed by atoms with Crippen LogP contribution in [-0.4, -0.2) is 20.6 Å². The first kappa shape index (κ1) is 5.03. The maximum absolute atomic E-state index is 3.68. The molecular formula is C3H3N7+. The van der Waals surface area contributed by atoms with Crippen molar-refractivity contribution in [2.24, 2.45) is 5.11 Å². The zero-order valence-corrected chi connectivity index (χ0v) is 4.81. The van der Waals surface area contributed by atoms with E-state index >= 15 is 0 Å². The van der Waals surface area contributed by atoms with Crippen LogP contribution in [0.5, 0.6) is 0 Å². The van der Waals surface area contributed by atoms with Crippen LogP contribution >= 0.6 is 0 Å². The molecule has 2 rings (SSSR count). The average molecular weight is 137 g/mol. The highest BCUT2D eigenvalue weighted by Crippen LogP contribution is 2.07. The highest BCUT2D eigenvalue weighted by Gasteiger charge is 2.15. The van der Waals surface area contributed by atoms with Gasteiger partial charge in [0, 0.05) is 0 Å². The minimum atomic E-state index is 0.508. The molecule has 0 amide bonds. The van der Waals surface area contributed by atoms with E-state index in [1.807, 2.05) is 0 Å². The third kappa shape index (κ3) is 0.642. The molecule has 1 radical (unpaired) electrons. The van der Waals surface area contributed by atoms with Crippen molar-refractivity contribution in [1.29, 1.82) is 0 Å². The van der Waals surface area contributed by atoms with Gasteiger partial charge in [-0.3, -0.25) is 0 Å². The van der Waals surface area contributed by atoms with E-state index in [1.165, 1.54) is 0 Å². The second kappa shape index (κ2) is 1.87. The molecule has 0 saturated heterocycles. The van der Waals surface area contributed by atoms with Crippen LogP contribution in [0.2, 0.25) is 0 Å². The molecule has 0 fully saturated rings. The van der Waals surface area contributed by atoms with E-state index in [0.717, 1.165) is 0 Å². The minimum Gasteiger partial charge on any atom is -0.237 e. The number of aromatic amines is 1. The Morgan fingerprint density at radius 2 is 2.50 bits per heavy atom. The van der Waals surface area contributed by atoms with Gasteiger partial charge in [0.25, 0.3) is 0 Å². The Kier molecular flexibility index (Phi) is 0.938. The average Bonchev–Trinajstić information content (AvgIpc) is 2.59. The van der Waals surface area contributed by atoms with Gasteiger partial charge in [0.2, 0.25) is 11.5 Å². The number of nitrogens with one attached hydrogen (secondary N) is 2. The largest absolute Gasteiger partial charge is 0.330 e. The van der Waals surface area contributed by atoms with Crippen LogP contribution in [0, 0.1) is 0 Å². The van der Waals surface area contributed by atoms with Crippen LogP contribution in [0.25, 0.3) is 5.70 Å². The summed E-state index contributed by atoms with van der Waals surface area (Å²) >= 11 is 0. The van der Waals surface area contributed by atoms with Crippen LogP contribution in [0.4, 0.5) is 0 Å². The summed E-state index contributed by atoms with van der Waals surface area (Å²) in [5, 5.41) is 20.1. The lowest BCUT2D eigenvalue weighted by Gasteiger charge is -1.76. The molecule has 1 aliphatic rings. The van der Waals surface area contributed by atoms with Crippen molar-refractivity contribution in [3.05, 3.63) is 12.0 Å². The topological polar surface area (TPSA) is 92.9 Å². The molecule has 0 aliphatic carbocycles. The Hall–Kier alpha value is -1.79. The van der Waals surface area contributed by atoms with Crippen molar-refractivity contribution in [3.8, 4) is 0 Å². The molecule has 1 aliphatic heterocycles. The summed E-state index contributed by atoms with van der Waals surface area (Å²) in [6.45, 7) is 0. The number of hydrogen-bond acceptors (Lipinski definition) is 6. The Morgan fingerprint density at radius 3 is 3.10 bits per heavy atom. The van der Waals surface area contributed by atoms with Crippen LogP contribution in [0.3, 0.4) is 0 Å². The van der Waals surface area contributed by atoms with Gasteiger partial charge in [-0.25, -0.2) is 5.10 Å². The van der Waals surface area contributed by atoms with Gasteiger partial charge < -0.3 is 0 Å². The predicted octanol–water partition coefficient (Wildman–Crippen LogP) is -1.20. The van der Waals surface area contributed by atoms with E-state index in [0.29, 0.717) is 11.5 Å². The second-order valence-corrected chi connectivity index (χ2v) is 1.61. The van der Waals surface area contributed by atoms with Gasteiger partial charge in [0.1, 0.15) is 11.3 Å². The van der Waals surface area contributed by atoms with Crippen molar-refractivity contribution in [3.63, 3.8) is 0 Å². The molecule has 49 valence electrons. The molecular weight excluding hydrogens is 134 g/mol. The summed E-state index contributed by atoms with van der Waals surface area (Å²) < 4.78 is 0. The van der Waals surface area contributed by atoms with Gasteiger partial charge >= 0.3 is 5.22 Å². The van der Waals surface area contributed by atoms with Gasteiger partial charge in [0.15, 0.2) is 0 Å². The molecule has 10 heavy (non-hydrogen) atoms. The lowest BCUT2D eigenvalue weighted by Crippen LogP contribution is -1.98. The normalized spacial score (nSPS) is 15.0. The van der Waals surface area contributed by atoms with E-state index in [-0.39, 0.29) is 0 Å². The molecule has 7 heteroatoms. The fraction of sp³-hybridized carbons (Fsp3) is 0. The van der Waals surface area contributed by atoms with E-state index in [1.54, 1.807) is 6.20 Å². The van der Waals surface area contributed by atoms with Crippen molar-refractivity contribution in [2.45, 2.75) is 0 Å². The van der Waals surface area contributed by atoms with Gasteiger partial charge in [0.05, 0.1) is 0 Å². The maximum atomic E-state index is 3.68. The highest BCUT2D eigenvalue weighted by molar-refractivity contribution is 5.57. The zero-order valence-electron chi connectivity index (χ0n) is 4.81. The number of H-pyrrole nitrogens is 1. The first-order chi connectivity index (χ1) is 4.97. The van der Waals surface area contributed by atoms with Crippen molar-refractivity contribution in [1.82, 2.24) is 31.3 Å². The summed E-state index contributed by atoms with van der Waals surface area (Å²) in [6.07, 6.45) is 1.60. The number of nitrogens with zero attached hydrogens (tertiary/aromatic N) is 5. The molecule has 0 spiro atoms. The van der Waals surface area contributed by atoms with E-state index in [9.17, 15) is 0 Å². The molecule has 0 bridgehead atoms. The molecule has 0 unspecified atom stereocenters. The Balaban J connectivity index is 2.36. The Labute approximate surface area is 55.2 Å². The van der Waals surface area contributed by atoms with Crippen LogP contribution < -0.4 is 10.6 Å². The van der Waals surface area contributed by atoms with Gasteiger partial charge in [-0.05, 0) is 10.4 Å². The van der Waals surface area contributed by atoms with Gasteiger partial charge in [-0.2, -0.15) is 0 Å². The summed E-state index contributed by atoms with van der Waals surface area (Å²) in [6, 6.07) is 0. The number of hydrogen-bond donors (Lipinski definition) is 2. The maximum Gasteiger partial charge on any atom is 0.330 e. The second-order valence-electron chi connectivity index (χ2n) is 1.61. The molecule has 1 aromatic rings. The summed E-state index contributed by atoms with van der Waals surface area (Å²) in [7, 11) is 0. The van der Waals surface area contributed by atoms with Crippen molar-refractivity contribution >= 4 is 5.70 Å². The third-order valence-electron chi connectivity index (χ3n) is 1.00. The lowest BCUT2D eigenvalue weighted by molar-refractivity contribution is 0.807. The highest BCUT2D eigenvalue weighted by atomic mass is 15.5. The number of rotatable bonds is 1. The molecule has 0 saturated carbocycles. The van der Waals surface area contributed by atoms with Gasteiger partial charge in [-0.1, -0.05) is 5.43 Å². The van der Waals surface area contributed by atoms with Crippen LogP contribution in [0.1, 0.15) is 5.82 Å². The van der Waals surface area contributed by atoms with Crippen LogP contribution in [0.15, 0.2) is 11.3 Å². The summed E-state index contributed by atoms with van der Waals surface area (Å²) in [5.74, 6) is 0.508. The lowest BCUT2D eigenvalue weighted by atomic mass is 10.5.